The third kappa shape index (κ3) is 3.85. The highest BCUT2D eigenvalue weighted by Gasteiger charge is 2.33. The summed E-state index contributed by atoms with van der Waals surface area (Å²) in [5, 5.41) is 0. The number of benzene rings is 1. The minimum atomic E-state index is -0.0161. The smallest absolute Gasteiger partial charge is 0.195 e. The van der Waals surface area contributed by atoms with E-state index in [0.29, 0.717) is 23.5 Å². The van der Waals surface area contributed by atoms with Gasteiger partial charge in [0.05, 0.1) is 17.8 Å². The van der Waals surface area contributed by atoms with E-state index >= 15 is 0 Å². The number of aryl methyl sites for hydroxylation is 2. The minimum absolute atomic E-state index is 0.0161. The van der Waals surface area contributed by atoms with Crippen molar-refractivity contribution in [3.8, 4) is 5.75 Å². The van der Waals surface area contributed by atoms with E-state index in [1.54, 1.807) is 36.1 Å². The number of aromatic nitrogens is 3. The summed E-state index contributed by atoms with van der Waals surface area (Å²) in [6.07, 6.45) is 8.86. The molecule has 1 aromatic carbocycles. The molecule has 0 radical (unpaired) electrons. The molecule has 5 nitrogen and oxygen atoms in total. The molecule has 5 rings (SSSR count). The Morgan fingerprint density at radius 1 is 0.969 bits per heavy atom. The van der Waals surface area contributed by atoms with Crippen molar-refractivity contribution in [3.05, 3.63) is 106 Å². The Kier molecular flexibility index (Phi) is 5.60. The van der Waals surface area contributed by atoms with Crippen LogP contribution in [0.3, 0.4) is 0 Å². The Balaban J connectivity index is 1.42. The summed E-state index contributed by atoms with van der Waals surface area (Å²) in [5.41, 5.74) is 7.79. The largest absolute Gasteiger partial charge is 0.494 e. The fourth-order valence-corrected chi connectivity index (χ4v) is 4.58. The molecule has 32 heavy (non-hydrogen) atoms. The second kappa shape index (κ2) is 8.85. The molecule has 0 N–H and O–H groups in total. The van der Waals surface area contributed by atoms with Gasteiger partial charge in [0, 0.05) is 51.9 Å². The Labute approximate surface area is 190 Å². The average molecular weight is 440 g/mol. The molecule has 0 saturated carbocycles. The number of hydrogen-bond acceptors (Lipinski definition) is 6. The van der Waals surface area contributed by atoms with Crippen molar-refractivity contribution in [1.29, 1.82) is 0 Å². The number of carbonyl (C=O) groups excluding carboxylic acids is 1. The van der Waals surface area contributed by atoms with Crippen molar-refractivity contribution in [3.63, 3.8) is 0 Å². The van der Waals surface area contributed by atoms with Crippen LogP contribution >= 0.6 is 11.3 Å². The maximum atomic E-state index is 13.5. The van der Waals surface area contributed by atoms with Crippen LogP contribution in [0.4, 0.5) is 0 Å². The second-order valence-electron chi connectivity index (χ2n) is 7.59. The summed E-state index contributed by atoms with van der Waals surface area (Å²) in [5.74, 6) is 0.686. The van der Waals surface area contributed by atoms with Crippen LogP contribution in [0, 0.1) is 6.92 Å². The fourth-order valence-electron chi connectivity index (χ4n) is 4.00. The number of nitrogens with zero attached hydrogens (tertiary/aromatic N) is 3. The Morgan fingerprint density at radius 2 is 1.84 bits per heavy atom. The first-order valence-electron chi connectivity index (χ1n) is 10.5. The van der Waals surface area contributed by atoms with E-state index in [0.717, 1.165) is 40.1 Å². The van der Waals surface area contributed by atoms with E-state index in [-0.39, 0.29) is 5.78 Å². The van der Waals surface area contributed by atoms with Crippen LogP contribution in [0.2, 0.25) is 0 Å². The van der Waals surface area contributed by atoms with E-state index in [4.69, 9.17) is 4.74 Å². The van der Waals surface area contributed by atoms with Crippen molar-refractivity contribution < 1.29 is 9.53 Å². The first-order valence-corrected chi connectivity index (χ1v) is 11.4. The van der Waals surface area contributed by atoms with Crippen LogP contribution in [0.1, 0.15) is 44.0 Å². The van der Waals surface area contributed by atoms with E-state index in [1.165, 1.54) is 5.56 Å². The molecule has 3 aromatic heterocycles. The van der Waals surface area contributed by atoms with Gasteiger partial charge in [-0.2, -0.15) is 0 Å². The SMILES string of the molecule is Cc1scnc1C1=C(c2cccnc2)C(=O)c2cc(OCCCc3ccncc3)ccc21. The molecule has 0 bridgehead atoms. The zero-order valence-corrected chi connectivity index (χ0v) is 18.4. The van der Waals surface area contributed by atoms with E-state index in [9.17, 15) is 4.79 Å². The molecule has 0 amide bonds. The number of rotatable bonds is 7. The number of pyridine rings is 2. The highest BCUT2D eigenvalue weighted by Crippen LogP contribution is 2.44. The van der Waals surface area contributed by atoms with Crippen molar-refractivity contribution in [2.24, 2.45) is 0 Å². The number of allylic oxidation sites excluding steroid dienone is 1. The Bertz CT molecular complexity index is 1300. The molecule has 0 saturated heterocycles. The van der Waals surface area contributed by atoms with Crippen LogP contribution in [-0.4, -0.2) is 27.3 Å². The molecule has 0 fully saturated rings. The van der Waals surface area contributed by atoms with Gasteiger partial charge in [0.2, 0.25) is 0 Å². The predicted octanol–water partition coefficient (Wildman–Crippen LogP) is 5.41. The van der Waals surface area contributed by atoms with E-state index in [1.807, 2.05) is 54.9 Å². The van der Waals surface area contributed by atoms with Crippen LogP contribution in [-0.2, 0) is 6.42 Å². The molecule has 0 spiro atoms. The number of thiazole rings is 1. The number of fused-ring (bicyclic) bond motifs is 1. The molecule has 1 aliphatic rings. The van der Waals surface area contributed by atoms with Gasteiger partial charge >= 0.3 is 0 Å². The quantitative estimate of drug-likeness (QED) is 0.360. The van der Waals surface area contributed by atoms with Gasteiger partial charge in [-0.15, -0.1) is 11.3 Å². The lowest BCUT2D eigenvalue weighted by Gasteiger charge is -2.09. The fraction of sp³-hybridized carbons (Fsp3) is 0.154. The van der Waals surface area contributed by atoms with Crippen molar-refractivity contribution in [2.45, 2.75) is 19.8 Å². The molecule has 0 unspecified atom stereocenters. The first-order chi connectivity index (χ1) is 15.7. The monoisotopic (exact) mass is 439 g/mol. The van der Waals surface area contributed by atoms with Crippen LogP contribution < -0.4 is 4.74 Å². The zero-order valence-electron chi connectivity index (χ0n) is 17.6. The predicted molar refractivity (Wildman–Crippen MR) is 126 cm³/mol. The molecule has 0 aliphatic heterocycles. The average Bonchev–Trinajstić information content (AvgIpc) is 3.38. The lowest BCUT2D eigenvalue weighted by molar-refractivity contribution is 0.105. The summed E-state index contributed by atoms with van der Waals surface area (Å²) in [6, 6.07) is 13.6. The topological polar surface area (TPSA) is 65.0 Å². The molecule has 6 heteroatoms. The maximum Gasteiger partial charge on any atom is 0.195 e. The summed E-state index contributed by atoms with van der Waals surface area (Å²) in [7, 11) is 0. The molecule has 4 aromatic rings. The molecule has 158 valence electrons. The number of ketones is 1. The van der Waals surface area contributed by atoms with E-state index < -0.39 is 0 Å². The third-order valence-electron chi connectivity index (χ3n) is 5.54. The maximum absolute atomic E-state index is 13.5. The lowest BCUT2D eigenvalue weighted by Crippen LogP contribution is -2.02. The second-order valence-corrected chi connectivity index (χ2v) is 8.65. The summed E-state index contributed by atoms with van der Waals surface area (Å²) in [6.45, 7) is 2.61. The number of ether oxygens (including phenoxy) is 1. The molecule has 0 atom stereocenters. The van der Waals surface area contributed by atoms with Gasteiger partial charge < -0.3 is 4.74 Å². The molecule has 3 heterocycles. The highest BCUT2D eigenvalue weighted by molar-refractivity contribution is 7.09. The number of carbonyl (C=O) groups is 1. The Morgan fingerprint density at radius 3 is 2.59 bits per heavy atom. The summed E-state index contributed by atoms with van der Waals surface area (Å²) < 4.78 is 5.98. The summed E-state index contributed by atoms with van der Waals surface area (Å²) in [4.78, 5) is 27.4. The normalized spacial score (nSPS) is 12.8. The highest BCUT2D eigenvalue weighted by atomic mass is 32.1. The van der Waals surface area contributed by atoms with Crippen molar-refractivity contribution >= 4 is 28.3 Å². The standard InChI is InChI=1S/C26H21N3O2S/c1-17-25(29-16-32-17)24-21-7-6-20(31-13-3-4-18-8-11-27-12-9-18)14-22(21)26(30)23(24)19-5-2-10-28-15-19/h2,5-12,14-16H,3-4,13H2,1H3. The van der Waals surface area contributed by atoms with Crippen molar-refractivity contribution in [1.82, 2.24) is 15.0 Å². The van der Waals surface area contributed by atoms with Crippen LogP contribution in [0.15, 0.2) is 72.8 Å². The molecular formula is C26H21N3O2S. The lowest BCUT2D eigenvalue weighted by atomic mass is 9.98. The van der Waals surface area contributed by atoms with Gasteiger partial charge in [-0.1, -0.05) is 6.07 Å². The van der Waals surface area contributed by atoms with Gasteiger partial charge in [-0.25, -0.2) is 4.98 Å². The van der Waals surface area contributed by atoms with Crippen LogP contribution in [0.25, 0.3) is 11.1 Å². The van der Waals surface area contributed by atoms with Crippen molar-refractivity contribution in [2.75, 3.05) is 6.61 Å². The number of Topliss-reactive ketones (excluding diaryl/α,β-unsaturated/α-hetero) is 1. The summed E-state index contributed by atoms with van der Waals surface area (Å²) >= 11 is 1.58. The molecule has 1 aliphatic carbocycles. The third-order valence-corrected chi connectivity index (χ3v) is 6.30. The Hall–Kier alpha value is -3.64. The first kappa shape index (κ1) is 20.3. The van der Waals surface area contributed by atoms with Gasteiger partial charge in [0.15, 0.2) is 5.78 Å². The minimum Gasteiger partial charge on any atom is -0.494 e. The van der Waals surface area contributed by atoms with Gasteiger partial charge in [-0.3, -0.25) is 14.8 Å². The van der Waals surface area contributed by atoms with Gasteiger partial charge in [-0.05, 0) is 67.3 Å². The van der Waals surface area contributed by atoms with E-state index in [2.05, 4.69) is 15.0 Å². The van der Waals surface area contributed by atoms with Gasteiger partial charge in [0.25, 0.3) is 0 Å². The van der Waals surface area contributed by atoms with Gasteiger partial charge in [0.1, 0.15) is 5.75 Å². The number of hydrogen-bond donors (Lipinski definition) is 0. The van der Waals surface area contributed by atoms with Crippen LogP contribution in [0.5, 0.6) is 5.75 Å². The zero-order chi connectivity index (χ0) is 21.9. The molecular weight excluding hydrogens is 418 g/mol.